The molecule has 1 aromatic rings. The van der Waals surface area contributed by atoms with Gasteiger partial charge in [0.1, 0.15) is 5.70 Å². The topological polar surface area (TPSA) is 43.9 Å². The number of benzene rings is 1. The molecule has 0 spiro atoms. The minimum Gasteiger partial charge on any atom is -0.364 e. The number of carbonyl (C=O) groups is 2. The zero-order valence-corrected chi connectivity index (χ0v) is 15.6. The second-order valence-electron chi connectivity index (χ2n) is 6.80. The summed E-state index contributed by atoms with van der Waals surface area (Å²) in [5.74, 6) is -0.311. The molecule has 0 aromatic heterocycles. The Labute approximate surface area is 149 Å². The van der Waals surface area contributed by atoms with Crippen molar-refractivity contribution in [3.05, 3.63) is 40.6 Å². The van der Waals surface area contributed by atoms with Gasteiger partial charge in [0, 0.05) is 32.7 Å². The van der Waals surface area contributed by atoms with Crippen molar-refractivity contribution >= 4 is 17.4 Å². The van der Waals surface area contributed by atoms with E-state index in [4.69, 9.17) is 0 Å². The number of hydrogen-bond donors (Lipinski definition) is 0. The van der Waals surface area contributed by atoms with E-state index in [0.717, 1.165) is 43.9 Å². The Morgan fingerprint density at radius 2 is 1.56 bits per heavy atom. The van der Waals surface area contributed by atoms with Crippen LogP contribution in [0.4, 0.5) is 0 Å². The van der Waals surface area contributed by atoms with Crippen LogP contribution in [0.5, 0.6) is 0 Å². The van der Waals surface area contributed by atoms with Gasteiger partial charge in [-0.15, -0.1) is 0 Å². The fourth-order valence-corrected chi connectivity index (χ4v) is 3.59. The molecule has 2 amide bonds. The van der Waals surface area contributed by atoms with E-state index in [-0.39, 0.29) is 11.8 Å². The third-order valence-electron chi connectivity index (χ3n) is 5.39. The van der Waals surface area contributed by atoms with Gasteiger partial charge in [-0.1, -0.05) is 25.1 Å². The van der Waals surface area contributed by atoms with E-state index in [9.17, 15) is 9.59 Å². The van der Waals surface area contributed by atoms with Crippen LogP contribution in [0, 0.1) is 13.8 Å². The quantitative estimate of drug-likeness (QED) is 0.786. The Balaban J connectivity index is 2.04. The molecule has 0 N–H and O–H groups in total. The van der Waals surface area contributed by atoms with Crippen molar-refractivity contribution in [2.45, 2.75) is 27.7 Å². The van der Waals surface area contributed by atoms with Gasteiger partial charge in [0.15, 0.2) is 0 Å². The fraction of sp³-hybridized carbons (Fsp3) is 0.500. The largest absolute Gasteiger partial charge is 0.364 e. The van der Waals surface area contributed by atoms with Crippen molar-refractivity contribution < 1.29 is 9.59 Å². The summed E-state index contributed by atoms with van der Waals surface area (Å²) in [6.07, 6.45) is 0. The first-order valence-electron chi connectivity index (χ1n) is 9.13. The molecule has 1 fully saturated rings. The van der Waals surface area contributed by atoms with Gasteiger partial charge >= 0.3 is 0 Å². The molecule has 0 bridgehead atoms. The van der Waals surface area contributed by atoms with Crippen LogP contribution in [0.2, 0.25) is 0 Å². The summed E-state index contributed by atoms with van der Waals surface area (Å²) in [5, 5.41) is 0. The molecule has 5 heteroatoms. The molecule has 5 nitrogen and oxygen atoms in total. The molecule has 0 saturated carbocycles. The first-order chi connectivity index (χ1) is 12.0. The zero-order valence-electron chi connectivity index (χ0n) is 15.6. The number of likely N-dealkylation sites (N-methyl/N-ethyl adjacent to an activating group) is 2. The van der Waals surface area contributed by atoms with Gasteiger partial charge in [0.05, 0.1) is 5.57 Å². The number of rotatable bonds is 4. The Hall–Kier alpha value is -2.14. The van der Waals surface area contributed by atoms with Gasteiger partial charge < -0.3 is 9.80 Å². The lowest BCUT2D eigenvalue weighted by Crippen LogP contribution is -2.47. The maximum Gasteiger partial charge on any atom is 0.277 e. The maximum atomic E-state index is 12.9. The molecule has 0 aliphatic carbocycles. The van der Waals surface area contributed by atoms with Crippen molar-refractivity contribution in [1.29, 1.82) is 0 Å². The monoisotopic (exact) mass is 341 g/mol. The highest BCUT2D eigenvalue weighted by atomic mass is 16.2. The van der Waals surface area contributed by atoms with Crippen LogP contribution >= 0.6 is 0 Å². The molecular formula is C20H27N3O2. The molecule has 2 aliphatic heterocycles. The SMILES string of the molecule is CCN1CCN(C2=C(c3ccc(C)c(C)c3)C(=O)N(CC)C2=O)CC1. The van der Waals surface area contributed by atoms with Crippen molar-refractivity contribution in [2.75, 3.05) is 39.3 Å². The minimum atomic E-state index is -0.163. The lowest BCUT2D eigenvalue weighted by atomic mass is 9.99. The van der Waals surface area contributed by atoms with E-state index in [1.807, 2.05) is 32.0 Å². The van der Waals surface area contributed by atoms with Crippen molar-refractivity contribution in [2.24, 2.45) is 0 Å². The van der Waals surface area contributed by atoms with Crippen LogP contribution in [-0.2, 0) is 9.59 Å². The third kappa shape index (κ3) is 3.09. The standard InChI is InChI=1S/C20H27N3O2/c1-5-21-9-11-22(12-10-21)18-17(19(24)23(6-2)20(18)25)16-8-7-14(3)15(4)13-16/h7-8,13H,5-6,9-12H2,1-4H3. The summed E-state index contributed by atoms with van der Waals surface area (Å²) in [4.78, 5) is 31.7. The van der Waals surface area contributed by atoms with Gasteiger partial charge in [-0.3, -0.25) is 14.5 Å². The van der Waals surface area contributed by atoms with Gasteiger partial charge in [0.2, 0.25) is 0 Å². The minimum absolute atomic E-state index is 0.148. The molecule has 0 unspecified atom stereocenters. The normalized spacial score (nSPS) is 19.4. The molecule has 1 aromatic carbocycles. The lowest BCUT2D eigenvalue weighted by molar-refractivity contribution is -0.137. The predicted molar refractivity (Wildman–Crippen MR) is 98.9 cm³/mol. The Morgan fingerprint density at radius 3 is 2.12 bits per heavy atom. The molecular weight excluding hydrogens is 314 g/mol. The summed E-state index contributed by atoms with van der Waals surface area (Å²) < 4.78 is 0. The van der Waals surface area contributed by atoms with E-state index in [1.54, 1.807) is 0 Å². The summed E-state index contributed by atoms with van der Waals surface area (Å²) in [6.45, 7) is 12.9. The second kappa shape index (κ2) is 7.00. The van der Waals surface area contributed by atoms with Crippen LogP contribution in [0.1, 0.15) is 30.5 Å². The van der Waals surface area contributed by atoms with Crippen molar-refractivity contribution in [1.82, 2.24) is 14.7 Å². The molecule has 2 heterocycles. The average molecular weight is 341 g/mol. The zero-order chi connectivity index (χ0) is 18.1. The van der Waals surface area contributed by atoms with E-state index in [2.05, 4.69) is 23.6 Å². The second-order valence-corrected chi connectivity index (χ2v) is 6.80. The number of amides is 2. The van der Waals surface area contributed by atoms with Crippen molar-refractivity contribution in [3.8, 4) is 0 Å². The number of aryl methyl sites for hydroxylation is 2. The van der Waals surface area contributed by atoms with Gasteiger partial charge in [-0.05, 0) is 44.0 Å². The molecule has 2 aliphatic rings. The summed E-state index contributed by atoms with van der Waals surface area (Å²) >= 11 is 0. The number of piperazine rings is 1. The maximum absolute atomic E-state index is 12.9. The molecule has 0 radical (unpaired) electrons. The molecule has 0 atom stereocenters. The first kappa shape index (κ1) is 17.7. The predicted octanol–water partition coefficient (Wildman–Crippen LogP) is 2.04. The highest BCUT2D eigenvalue weighted by Crippen LogP contribution is 2.32. The van der Waals surface area contributed by atoms with Gasteiger partial charge in [-0.25, -0.2) is 0 Å². The van der Waals surface area contributed by atoms with Crippen LogP contribution in [0.25, 0.3) is 5.57 Å². The van der Waals surface area contributed by atoms with E-state index in [0.29, 0.717) is 17.8 Å². The van der Waals surface area contributed by atoms with E-state index >= 15 is 0 Å². The Kier molecular flexibility index (Phi) is 4.95. The van der Waals surface area contributed by atoms with Crippen LogP contribution in [-0.4, -0.2) is 65.8 Å². The molecule has 25 heavy (non-hydrogen) atoms. The third-order valence-corrected chi connectivity index (χ3v) is 5.39. The fourth-order valence-electron chi connectivity index (χ4n) is 3.59. The molecule has 1 saturated heterocycles. The Bertz CT molecular complexity index is 730. The van der Waals surface area contributed by atoms with E-state index in [1.165, 1.54) is 10.5 Å². The number of carbonyl (C=O) groups excluding carboxylic acids is 2. The lowest BCUT2D eigenvalue weighted by Gasteiger charge is -2.35. The smallest absolute Gasteiger partial charge is 0.277 e. The number of nitrogens with zero attached hydrogens (tertiary/aromatic N) is 3. The summed E-state index contributed by atoms with van der Waals surface area (Å²) in [6, 6.07) is 6.01. The highest BCUT2D eigenvalue weighted by molar-refractivity contribution is 6.35. The van der Waals surface area contributed by atoms with Crippen molar-refractivity contribution in [3.63, 3.8) is 0 Å². The van der Waals surface area contributed by atoms with Crippen LogP contribution in [0.3, 0.4) is 0 Å². The number of imide groups is 1. The summed E-state index contributed by atoms with van der Waals surface area (Å²) in [5.41, 5.74) is 4.33. The van der Waals surface area contributed by atoms with Gasteiger partial charge in [-0.2, -0.15) is 0 Å². The molecule has 134 valence electrons. The molecule has 3 rings (SSSR count). The first-order valence-corrected chi connectivity index (χ1v) is 9.13. The van der Waals surface area contributed by atoms with Gasteiger partial charge in [0.25, 0.3) is 11.8 Å². The van der Waals surface area contributed by atoms with Crippen LogP contribution in [0.15, 0.2) is 23.9 Å². The van der Waals surface area contributed by atoms with Crippen LogP contribution < -0.4 is 0 Å². The average Bonchev–Trinajstić information content (AvgIpc) is 2.87. The van der Waals surface area contributed by atoms with E-state index < -0.39 is 0 Å². The number of hydrogen-bond acceptors (Lipinski definition) is 4. The highest BCUT2D eigenvalue weighted by Gasteiger charge is 2.41. The Morgan fingerprint density at radius 1 is 0.880 bits per heavy atom. The summed E-state index contributed by atoms with van der Waals surface area (Å²) in [7, 11) is 0.